The lowest BCUT2D eigenvalue weighted by molar-refractivity contribution is -0.136. The number of hydrogen-bond donors (Lipinski definition) is 0. The van der Waals surface area contributed by atoms with Gasteiger partial charge < -0.3 is 9.30 Å². The summed E-state index contributed by atoms with van der Waals surface area (Å²) >= 11 is 3.51. The molecule has 0 aromatic heterocycles. The van der Waals surface area contributed by atoms with Gasteiger partial charge in [0.05, 0.1) is 12.0 Å². The van der Waals surface area contributed by atoms with Crippen molar-refractivity contribution >= 4 is 49.1 Å². The maximum Gasteiger partial charge on any atom is 0.351 e. The molecule has 2 aliphatic rings. The molecule has 0 amide bonds. The molecule has 0 atom stereocenters. The molecule has 0 fully saturated rings. The first-order valence-electron chi connectivity index (χ1n) is 8.73. The summed E-state index contributed by atoms with van der Waals surface area (Å²) in [7, 11) is 1.77. The van der Waals surface area contributed by atoms with Gasteiger partial charge in [-0.2, -0.15) is 5.26 Å². The average Bonchev–Trinajstić information content (AvgIpc) is 2.69. The molecule has 0 bridgehead atoms. The maximum absolute atomic E-state index is 13.1. The van der Waals surface area contributed by atoms with Crippen LogP contribution in [-0.4, -0.2) is 17.1 Å². The van der Waals surface area contributed by atoms with Crippen molar-refractivity contribution in [1.29, 1.82) is 5.26 Å². The lowest BCUT2D eigenvalue weighted by Crippen LogP contribution is -2.26. The highest BCUT2D eigenvalue weighted by molar-refractivity contribution is 9.10. The Morgan fingerprint density at radius 3 is 2.61 bits per heavy atom. The number of esters is 1. The van der Waals surface area contributed by atoms with E-state index in [1.807, 2.05) is 36.4 Å². The van der Waals surface area contributed by atoms with Crippen LogP contribution in [-0.2, 0) is 16.6 Å². The molecule has 0 spiro atoms. The van der Waals surface area contributed by atoms with E-state index < -0.39 is 5.97 Å². The van der Waals surface area contributed by atoms with Gasteiger partial charge in [0.1, 0.15) is 6.07 Å². The molecule has 1 aliphatic heterocycles. The van der Waals surface area contributed by atoms with Crippen LogP contribution in [0.2, 0.25) is 0 Å². The van der Waals surface area contributed by atoms with Crippen molar-refractivity contribution in [2.45, 2.75) is 6.92 Å². The third kappa shape index (κ3) is 2.51. The molecule has 28 heavy (non-hydrogen) atoms. The van der Waals surface area contributed by atoms with E-state index >= 15 is 0 Å². The highest BCUT2D eigenvalue weighted by Gasteiger charge is 2.22. The highest BCUT2D eigenvalue weighted by Crippen LogP contribution is 2.38. The molecule has 6 heteroatoms. The third-order valence-corrected chi connectivity index (χ3v) is 5.60. The highest BCUT2D eigenvalue weighted by atomic mass is 79.9. The molecule has 5 nitrogen and oxygen atoms in total. The SMILES string of the molecule is CCOC(=O)/C(C#N)=c1/cc2c3ccccc3c(=O)c3c(Br)ccc(c3-2)n1C. The largest absolute Gasteiger partial charge is 0.462 e. The summed E-state index contributed by atoms with van der Waals surface area (Å²) in [5.74, 6) is -0.662. The minimum Gasteiger partial charge on any atom is -0.462 e. The number of hydrogen-bond acceptors (Lipinski definition) is 4. The van der Waals surface area contributed by atoms with Gasteiger partial charge in [-0.05, 0) is 36.1 Å². The number of benzene rings is 3. The van der Waals surface area contributed by atoms with Crippen LogP contribution < -0.4 is 10.8 Å². The number of aryl methyl sites for hydroxylation is 1. The lowest BCUT2D eigenvalue weighted by atomic mass is 9.90. The van der Waals surface area contributed by atoms with Gasteiger partial charge in [0.2, 0.25) is 0 Å². The summed E-state index contributed by atoms with van der Waals surface area (Å²) in [5.41, 5.74) is 2.24. The number of carbonyl (C=O) groups is 1. The van der Waals surface area contributed by atoms with Gasteiger partial charge in [0.15, 0.2) is 11.0 Å². The molecule has 2 aromatic rings. The number of nitriles is 1. The molecule has 0 N–H and O–H groups in total. The van der Waals surface area contributed by atoms with Crippen LogP contribution in [0.4, 0.5) is 0 Å². The molecule has 1 heterocycles. The van der Waals surface area contributed by atoms with Gasteiger partial charge >= 0.3 is 5.97 Å². The van der Waals surface area contributed by atoms with E-state index in [9.17, 15) is 14.9 Å². The monoisotopic (exact) mass is 434 g/mol. The van der Waals surface area contributed by atoms with Crippen molar-refractivity contribution in [3.05, 3.63) is 62.5 Å². The van der Waals surface area contributed by atoms with Crippen LogP contribution in [0.3, 0.4) is 0 Å². The van der Waals surface area contributed by atoms with Gasteiger partial charge in [0, 0.05) is 33.4 Å². The van der Waals surface area contributed by atoms with E-state index in [2.05, 4.69) is 15.9 Å². The van der Waals surface area contributed by atoms with Crippen molar-refractivity contribution in [1.82, 2.24) is 4.57 Å². The minimum absolute atomic E-state index is 0.0526. The zero-order chi connectivity index (χ0) is 20.0. The van der Waals surface area contributed by atoms with Crippen LogP contribution in [0, 0.1) is 11.3 Å². The zero-order valence-electron chi connectivity index (χ0n) is 15.2. The third-order valence-electron chi connectivity index (χ3n) is 4.94. The van der Waals surface area contributed by atoms with Crippen LogP contribution in [0.25, 0.3) is 38.4 Å². The van der Waals surface area contributed by atoms with E-state index in [0.717, 1.165) is 22.0 Å². The average molecular weight is 435 g/mol. The van der Waals surface area contributed by atoms with E-state index in [-0.39, 0.29) is 17.6 Å². The molecule has 0 radical (unpaired) electrons. The summed E-state index contributed by atoms with van der Waals surface area (Å²) in [4.78, 5) is 25.5. The zero-order valence-corrected chi connectivity index (χ0v) is 16.8. The van der Waals surface area contributed by atoms with Crippen LogP contribution in [0.15, 0.2) is 51.7 Å². The molecule has 138 valence electrons. The number of ether oxygens (including phenoxy) is 1. The quantitative estimate of drug-likeness (QED) is 0.275. The Kier molecular flexibility index (Phi) is 4.40. The van der Waals surface area contributed by atoms with Crippen molar-refractivity contribution < 1.29 is 9.53 Å². The molecular formula is C22H15BrN2O3. The van der Waals surface area contributed by atoms with E-state index in [4.69, 9.17) is 4.74 Å². The van der Waals surface area contributed by atoms with Crippen molar-refractivity contribution in [3.63, 3.8) is 0 Å². The Bertz CT molecular complexity index is 1400. The van der Waals surface area contributed by atoms with E-state index in [1.54, 1.807) is 30.7 Å². The molecule has 0 saturated carbocycles. The maximum atomic E-state index is 13.1. The first-order valence-corrected chi connectivity index (χ1v) is 9.52. The van der Waals surface area contributed by atoms with Crippen molar-refractivity contribution in [3.8, 4) is 17.2 Å². The Balaban J connectivity index is 2.35. The number of pyridine rings is 1. The Labute approximate surface area is 168 Å². The number of aromatic nitrogens is 1. The second-order valence-electron chi connectivity index (χ2n) is 6.40. The van der Waals surface area contributed by atoms with Gasteiger partial charge in [0.25, 0.3) is 0 Å². The number of fused-ring (bicyclic) bond motifs is 2. The lowest BCUT2D eigenvalue weighted by Gasteiger charge is -2.19. The first kappa shape index (κ1) is 18.2. The summed E-state index contributed by atoms with van der Waals surface area (Å²) in [6.07, 6.45) is 0. The molecule has 2 aromatic carbocycles. The van der Waals surface area contributed by atoms with Gasteiger partial charge in [-0.15, -0.1) is 0 Å². The normalized spacial score (nSPS) is 12.4. The first-order chi connectivity index (χ1) is 13.5. The van der Waals surface area contributed by atoms with Gasteiger partial charge in [-0.3, -0.25) is 4.79 Å². The smallest absolute Gasteiger partial charge is 0.351 e. The fraction of sp³-hybridized carbons (Fsp3) is 0.136. The van der Waals surface area contributed by atoms with E-state index in [0.29, 0.717) is 20.6 Å². The predicted molar refractivity (Wildman–Crippen MR) is 112 cm³/mol. The Hall–Kier alpha value is -3.17. The van der Waals surface area contributed by atoms with Gasteiger partial charge in [-0.25, -0.2) is 4.79 Å². The molecule has 4 rings (SSSR count). The molecular weight excluding hydrogens is 420 g/mol. The number of carbonyl (C=O) groups excluding carboxylic acids is 1. The predicted octanol–water partition coefficient (Wildman–Crippen LogP) is 3.52. The van der Waals surface area contributed by atoms with Gasteiger partial charge in [-0.1, -0.05) is 40.2 Å². The standard InChI is InChI=1S/C22H15BrN2O3/c1-3-28-22(27)15(11-24)18-10-14-12-6-4-5-7-13(12)21(26)20-16(23)8-9-17(19(14)20)25(18)2/h4-10H,3H2,1-2H3/b18-15-. The number of rotatable bonds is 2. The molecule has 0 unspecified atom stereocenters. The molecule has 0 saturated heterocycles. The van der Waals surface area contributed by atoms with Crippen molar-refractivity contribution in [2.75, 3.05) is 6.61 Å². The van der Waals surface area contributed by atoms with Crippen LogP contribution >= 0.6 is 15.9 Å². The number of nitrogens with zero attached hydrogens (tertiary/aromatic N) is 2. The summed E-state index contributed by atoms with van der Waals surface area (Å²) in [6.45, 7) is 1.88. The summed E-state index contributed by atoms with van der Waals surface area (Å²) in [5, 5.41) is 12.0. The Morgan fingerprint density at radius 1 is 1.21 bits per heavy atom. The Morgan fingerprint density at radius 2 is 1.93 bits per heavy atom. The van der Waals surface area contributed by atoms with Crippen LogP contribution in [0.5, 0.6) is 0 Å². The van der Waals surface area contributed by atoms with Crippen molar-refractivity contribution in [2.24, 2.45) is 7.05 Å². The van der Waals surface area contributed by atoms with Crippen LogP contribution in [0.1, 0.15) is 6.92 Å². The fourth-order valence-electron chi connectivity index (χ4n) is 3.69. The topological polar surface area (TPSA) is 72.1 Å². The second-order valence-corrected chi connectivity index (χ2v) is 7.26. The second kappa shape index (κ2) is 6.77. The summed E-state index contributed by atoms with van der Waals surface area (Å²) < 4.78 is 7.53. The van der Waals surface area contributed by atoms with E-state index in [1.165, 1.54) is 0 Å². The number of halogens is 1. The summed E-state index contributed by atoms with van der Waals surface area (Å²) in [6, 6.07) is 14.8. The fourth-order valence-corrected chi connectivity index (χ4v) is 4.20. The minimum atomic E-state index is -0.662. The molecule has 1 aliphatic carbocycles.